The second kappa shape index (κ2) is 8.89. The maximum Gasteiger partial charge on any atom is 0.271 e. The van der Waals surface area contributed by atoms with Crippen LogP contribution >= 0.6 is 11.8 Å². The molecule has 0 aliphatic rings. The Hall–Kier alpha value is -2.86. The van der Waals surface area contributed by atoms with Crippen molar-refractivity contribution in [3.05, 3.63) is 82.1 Å². The quantitative estimate of drug-likeness (QED) is 0.637. The highest BCUT2D eigenvalue weighted by atomic mass is 32.2. The van der Waals surface area contributed by atoms with Crippen molar-refractivity contribution in [1.29, 1.82) is 0 Å². The molecule has 3 rings (SSSR count). The molecule has 0 radical (unpaired) electrons. The average Bonchev–Trinajstić information content (AvgIpc) is 2.70. The zero-order valence-electron chi connectivity index (χ0n) is 16.2. The van der Waals surface area contributed by atoms with Crippen LogP contribution in [0, 0.1) is 6.92 Å². The number of carbonyl (C=O) groups is 1. The predicted molar refractivity (Wildman–Crippen MR) is 114 cm³/mol. The summed E-state index contributed by atoms with van der Waals surface area (Å²) in [4.78, 5) is 24.7. The van der Waals surface area contributed by atoms with Crippen molar-refractivity contribution >= 4 is 23.4 Å². The lowest BCUT2D eigenvalue weighted by atomic mass is 10.1. The number of anilines is 1. The summed E-state index contributed by atoms with van der Waals surface area (Å²) in [6, 6.07) is 18.5. The fourth-order valence-electron chi connectivity index (χ4n) is 2.68. The number of nitrogens with zero attached hydrogens (tertiary/aromatic N) is 2. The van der Waals surface area contributed by atoms with E-state index in [9.17, 15) is 9.59 Å². The lowest BCUT2D eigenvalue weighted by Gasteiger charge is -2.13. The van der Waals surface area contributed by atoms with Crippen LogP contribution in [0.2, 0.25) is 0 Å². The van der Waals surface area contributed by atoms with Crippen LogP contribution in [0.4, 0.5) is 5.69 Å². The Balaban J connectivity index is 1.73. The molecule has 0 aliphatic carbocycles. The van der Waals surface area contributed by atoms with Crippen LogP contribution < -0.4 is 10.9 Å². The molecule has 1 N–H and O–H groups in total. The summed E-state index contributed by atoms with van der Waals surface area (Å²) in [5.74, 6) is -0.104. The molecular formula is C22H23N3O2S. The van der Waals surface area contributed by atoms with Gasteiger partial charge in [-0.25, -0.2) is 0 Å². The Kier molecular flexibility index (Phi) is 6.31. The number of nitrogens with one attached hydrogen (secondary N) is 1. The monoisotopic (exact) mass is 393 g/mol. The molecule has 2 aromatic carbocycles. The summed E-state index contributed by atoms with van der Waals surface area (Å²) in [5.41, 5.74) is 3.56. The summed E-state index contributed by atoms with van der Waals surface area (Å²) < 4.78 is 1.36. The van der Waals surface area contributed by atoms with Gasteiger partial charge in [0.25, 0.3) is 5.56 Å². The minimum atomic E-state index is -0.359. The van der Waals surface area contributed by atoms with Gasteiger partial charge in [-0.15, -0.1) is 0 Å². The van der Waals surface area contributed by atoms with Gasteiger partial charge in [-0.05, 0) is 56.2 Å². The number of hydrogen-bond acceptors (Lipinski definition) is 4. The van der Waals surface area contributed by atoms with Gasteiger partial charge in [-0.1, -0.05) is 48.5 Å². The first-order chi connectivity index (χ1) is 13.5. The second-order valence-corrected chi connectivity index (χ2v) is 7.92. The maximum atomic E-state index is 12.5. The molecule has 1 atom stereocenters. The van der Waals surface area contributed by atoms with Crippen LogP contribution in [0.15, 0.2) is 70.5 Å². The molecule has 28 heavy (non-hydrogen) atoms. The molecular weight excluding hydrogens is 370 g/mol. The predicted octanol–water partition coefficient (Wildman–Crippen LogP) is 4.22. The normalized spacial score (nSPS) is 11.8. The second-order valence-electron chi connectivity index (χ2n) is 6.56. The van der Waals surface area contributed by atoms with Crippen molar-refractivity contribution in [3.63, 3.8) is 0 Å². The van der Waals surface area contributed by atoms with Gasteiger partial charge in [0, 0.05) is 11.8 Å². The molecule has 0 spiro atoms. The first-order valence-electron chi connectivity index (χ1n) is 9.20. The van der Waals surface area contributed by atoms with Gasteiger partial charge in [-0.3, -0.25) is 9.59 Å². The largest absolute Gasteiger partial charge is 0.325 e. The fourth-order valence-corrected chi connectivity index (χ4v) is 3.48. The van der Waals surface area contributed by atoms with Gasteiger partial charge in [0.1, 0.15) is 5.03 Å². The van der Waals surface area contributed by atoms with Gasteiger partial charge < -0.3 is 5.32 Å². The minimum absolute atomic E-state index is 0.104. The van der Waals surface area contributed by atoms with E-state index in [1.807, 2.05) is 62.4 Å². The zero-order valence-corrected chi connectivity index (χ0v) is 17.0. The van der Waals surface area contributed by atoms with Crippen molar-refractivity contribution in [3.8, 4) is 5.69 Å². The first-order valence-corrected chi connectivity index (χ1v) is 10.1. The van der Waals surface area contributed by atoms with Gasteiger partial charge in [0.2, 0.25) is 5.91 Å². The molecule has 0 unspecified atom stereocenters. The van der Waals surface area contributed by atoms with Gasteiger partial charge >= 0.3 is 0 Å². The van der Waals surface area contributed by atoms with Crippen molar-refractivity contribution in [2.45, 2.75) is 37.5 Å². The molecule has 1 amide bonds. The van der Waals surface area contributed by atoms with E-state index in [1.165, 1.54) is 28.1 Å². The van der Waals surface area contributed by atoms with Crippen molar-refractivity contribution < 1.29 is 4.79 Å². The molecule has 0 saturated carbocycles. The molecule has 144 valence electrons. The average molecular weight is 394 g/mol. The highest BCUT2D eigenvalue weighted by Gasteiger charge is 2.16. The number of rotatable bonds is 6. The third-order valence-electron chi connectivity index (χ3n) is 4.32. The summed E-state index contributed by atoms with van der Waals surface area (Å²) >= 11 is 1.32. The van der Waals surface area contributed by atoms with E-state index in [2.05, 4.69) is 17.3 Å². The van der Waals surface area contributed by atoms with Crippen LogP contribution in [0.1, 0.15) is 25.0 Å². The molecule has 6 heteroatoms. The van der Waals surface area contributed by atoms with Crippen LogP contribution in [0.5, 0.6) is 0 Å². The molecule has 3 aromatic rings. The maximum absolute atomic E-state index is 12.5. The van der Waals surface area contributed by atoms with E-state index in [0.29, 0.717) is 10.7 Å². The topological polar surface area (TPSA) is 64.0 Å². The Morgan fingerprint density at radius 3 is 2.61 bits per heavy atom. The number of benzene rings is 2. The number of carbonyl (C=O) groups excluding carboxylic acids is 1. The Morgan fingerprint density at radius 1 is 1.14 bits per heavy atom. The molecule has 0 saturated heterocycles. The van der Waals surface area contributed by atoms with Gasteiger partial charge in [-0.2, -0.15) is 9.78 Å². The molecule has 1 heterocycles. The number of amides is 1. The highest BCUT2D eigenvalue weighted by molar-refractivity contribution is 8.00. The highest BCUT2D eigenvalue weighted by Crippen LogP contribution is 2.22. The van der Waals surface area contributed by atoms with Crippen LogP contribution in [0.25, 0.3) is 5.69 Å². The molecule has 0 fully saturated rings. The standard InChI is InChI=1S/C22H23N3O2S/c1-4-17-6-5-7-18(14-17)23-22(27)16(3)28-20-12-13-21(26)25(24-20)19-10-8-15(2)9-11-19/h5-14,16H,4H2,1-3H3,(H,23,27)/t16-/m0/s1. The van der Waals surface area contributed by atoms with Gasteiger partial charge in [0.05, 0.1) is 10.9 Å². The van der Waals surface area contributed by atoms with Crippen molar-refractivity contribution in [2.24, 2.45) is 0 Å². The molecule has 0 bridgehead atoms. The summed E-state index contributed by atoms with van der Waals surface area (Å²) in [6.45, 7) is 5.89. The van der Waals surface area contributed by atoms with Crippen LogP contribution in [-0.4, -0.2) is 20.9 Å². The minimum Gasteiger partial charge on any atom is -0.325 e. The lowest BCUT2D eigenvalue weighted by Crippen LogP contribution is -2.24. The van der Waals surface area contributed by atoms with E-state index in [1.54, 1.807) is 6.07 Å². The number of aromatic nitrogens is 2. The molecule has 1 aromatic heterocycles. The third kappa shape index (κ3) is 4.89. The Labute approximate surface area is 168 Å². The smallest absolute Gasteiger partial charge is 0.271 e. The van der Waals surface area contributed by atoms with E-state index < -0.39 is 0 Å². The van der Waals surface area contributed by atoms with E-state index in [0.717, 1.165) is 17.7 Å². The summed E-state index contributed by atoms with van der Waals surface area (Å²) in [5, 5.41) is 7.62. The zero-order chi connectivity index (χ0) is 20.1. The van der Waals surface area contributed by atoms with Crippen LogP contribution in [-0.2, 0) is 11.2 Å². The van der Waals surface area contributed by atoms with Crippen molar-refractivity contribution in [2.75, 3.05) is 5.32 Å². The molecule has 5 nitrogen and oxygen atoms in total. The van der Waals surface area contributed by atoms with Crippen LogP contribution in [0.3, 0.4) is 0 Å². The summed E-state index contributed by atoms with van der Waals surface area (Å²) in [6.07, 6.45) is 0.915. The SMILES string of the molecule is CCc1cccc(NC(=O)[C@H](C)Sc2ccc(=O)n(-c3ccc(C)cc3)n2)c1. The van der Waals surface area contributed by atoms with E-state index >= 15 is 0 Å². The van der Waals surface area contributed by atoms with E-state index in [4.69, 9.17) is 0 Å². The third-order valence-corrected chi connectivity index (χ3v) is 5.35. The number of aryl methyl sites for hydroxylation is 2. The van der Waals surface area contributed by atoms with Gasteiger partial charge in [0.15, 0.2) is 0 Å². The lowest BCUT2D eigenvalue weighted by molar-refractivity contribution is -0.115. The first kappa shape index (κ1) is 19.9. The fraction of sp³-hybridized carbons (Fsp3) is 0.227. The number of thioether (sulfide) groups is 1. The Bertz CT molecular complexity index is 1030. The number of hydrogen-bond donors (Lipinski definition) is 1. The molecule has 0 aliphatic heterocycles. The van der Waals surface area contributed by atoms with Crippen molar-refractivity contribution in [1.82, 2.24) is 9.78 Å². The Morgan fingerprint density at radius 2 is 1.89 bits per heavy atom. The summed E-state index contributed by atoms with van der Waals surface area (Å²) in [7, 11) is 0. The van der Waals surface area contributed by atoms with E-state index in [-0.39, 0.29) is 16.7 Å².